The van der Waals surface area contributed by atoms with Gasteiger partial charge in [0.25, 0.3) is 0 Å². The average molecular weight is 669 g/mol. The van der Waals surface area contributed by atoms with E-state index in [1.807, 2.05) is 18.2 Å². The maximum Gasteiger partial charge on any atom is 0.350 e. The van der Waals surface area contributed by atoms with Crippen molar-refractivity contribution < 1.29 is 32.8 Å². The van der Waals surface area contributed by atoms with E-state index in [4.69, 9.17) is 32.8 Å². The first-order valence-electron chi connectivity index (χ1n) is 17.6. The van der Waals surface area contributed by atoms with Gasteiger partial charge in [0.05, 0.1) is 29.0 Å². The van der Waals surface area contributed by atoms with Crippen molar-refractivity contribution in [1.82, 2.24) is 0 Å². The van der Waals surface area contributed by atoms with Crippen LogP contribution in [0.4, 0.5) is 0 Å². The number of fused-ring (bicyclic) bond motifs is 3. The summed E-state index contributed by atoms with van der Waals surface area (Å²) in [5.41, 5.74) is 5.61. The van der Waals surface area contributed by atoms with Gasteiger partial charge in [0.2, 0.25) is 0 Å². The maximum atomic E-state index is 11.6. The van der Waals surface area contributed by atoms with E-state index in [0.717, 1.165) is 67.4 Å². The topological polar surface area (TPSA) is 88.9 Å². The van der Waals surface area contributed by atoms with E-state index in [9.17, 15) is 4.79 Å². The van der Waals surface area contributed by atoms with Crippen LogP contribution >= 0.6 is 0 Å². The quantitative estimate of drug-likeness (QED) is 0.108. The maximum absolute atomic E-state index is 11.6. The monoisotopic (exact) mass is 668 g/mol. The van der Waals surface area contributed by atoms with E-state index in [2.05, 4.69) is 65.8 Å². The number of allylic oxidation sites excluding steroid dienone is 2. The largest absolute Gasteiger partial charge is 0.489 e. The lowest BCUT2D eigenvalue weighted by molar-refractivity contribution is -0.270. The van der Waals surface area contributed by atoms with Crippen LogP contribution in [0.2, 0.25) is 0 Å². The highest BCUT2D eigenvalue weighted by Gasteiger charge is 2.54. The molecule has 1 aromatic heterocycles. The van der Waals surface area contributed by atoms with Gasteiger partial charge >= 0.3 is 11.6 Å². The molecule has 1 spiro atoms. The molecule has 49 heavy (non-hydrogen) atoms. The first-order valence-corrected chi connectivity index (χ1v) is 17.6. The lowest BCUT2D eigenvalue weighted by Crippen LogP contribution is -2.39. The van der Waals surface area contributed by atoms with Gasteiger partial charge in [-0.1, -0.05) is 11.1 Å². The second kappa shape index (κ2) is 13.1. The van der Waals surface area contributed by atoms with Crippen LogP contribution < -0.4 is 19.8 Å². The summed E-state index contributed by atoms with van der Waals surface area (Å²) in [6.45, 7) is 13.6. The molecule has 3 aromatic rings. The number of aryl methyl sites for hydroxylation is 1. The third kappa shape index (κ3) is 7.37. The van der Waals surface area contributed by atoms with E-state index in [-0.39, 0.29) is 17.3 Å². The Hall–Kier alpha value is -3.85. The minimum absolute atomic E-state index is 0.0287. The summed E-state index contributed by atoms with van der Waals surface area (Å²) in [7, 11) is 0. The molecule has 3 aliphatic heterocycles. The van der Waals surface area contributed by atoms with Crippen LogP contribution in [-0.4, -0.2) is 42.6 Å². The fraction of sp³-hybridized carbons (Fsp3) is 0.488. The molecular formula is C41H48O8. The van der Waals surface area contributed by atoms with Crippen molar-refractivity contribution in [2.24, 2.45) is 0 Å². The number of epoxide rings is 1. The Bertz CT molecular complexity index is 1880. The minimum Gasteiger partial charge on any atom is -0.489 e. The number of hydrogen-bond acceptors (Lipinski definition) is 8. The summed E-state index contributed by atoms with van der Waals surface area (Å²) in [5.74, 6) is 1.02. The van der Waals surface area contributed by atoms with Gasteiger partial charge in [-0.15, -0.1) is 0 Å². The normalized spacial score (nSPS) is 24.9. The highest BCUT2D eigenvalue weighted by Crippen LogP contribution is 2.49. The molecule has 1 aliphatic carbocycles. The minimum atomic E-state index is -1.29. The zero-order chi connectivity index (χ0) is 34.4. The first-order chi connectivity index (χ1) is 23.4. The molecule has 8 nitrogen and oxygen atoms in total. The zero-order valence-electron chi connectivity index (χ0n) is 29.6. The van der Waals surface area contributed by atoms with Gasteiger partial charge < -0.3 is 32.8 Å². The van der Waals surface area contributed by atoms with E-state index < -0.39 is 11.6 Å². The second-order valence-electron chi connectivity index (χ2n) is 14.9. The van der Waals surface area contributed by atoms with Crippen LogP contribution in [0, 0.1) is 0 Å². The standard InChI is InChI=1S/C41H48O8/c1-26(19-22-43-30-14-12-28-13-17-37(42)45-33(28)25-30)11-16-36-40(5,6)49-41(48-36)21-18-32-34(46-41)24-29-8-7-9-31(29)38(32)44-23-20-27(2)10-15-35-39(3,4)47-35/h12-14,17-21,24-25,35-36H,7-11,15-16,22-23H2,1-6H3. The summed E-state index contributed by atoms with van der Waals surface area (Å²) in [6, 6.07) is 10.8. The molecule has 3 atom stereocenters. The molecule has 260 valence electrons. The molecule has 8 heteroatoms. The van der Waals surface area contributed by atoms with Gasteiger partial charge in [-0.25, -0.2) is 4.79 Å². The highest BCUT2D eigenvalue weighted by molar-refractivity contribution is 5.77. The first kappa shape index (κ1) is 33.6. The van der Waals surface area contributed by atoms with Crippen molar-refractivity contribution in [2.75, 3.05) is 13.2 Å². The van der Waals surface area contributed by atoms with Crippen molar-refractivity contribution in [2.45, 2.75) is 116 Å². The third-order valence-corrected chi connectivity index (χ3v) is 10.2. The number of rotatable bonds is 12. The van der Waals surface area contributed by atoms with Crippen LogP contribution in [0.15, 0.2) is 75.0 Å². The fourth-order valence-electron chi connectivity index (χ4n) is 7.14. The SMILES string of the molecule is CC(=CCOc1c2c(cc3c1CCC3)OC1(C=C2)OC(CCC(C)=CCOc2ccc3ccc(=O)oc3c2)C(C)(C)O1)CCC1OC1(C)C. The summed E-state index contributed by atoms with van der Waals surface area (Å²) < 4.78 is 43.1. The summed E-state index contributed by atoms with van der Waals surface area (Å²) >= 11 is 0. The van der Waals surface area contributed by atoms with Crippen LogP contribution in [0.1, 0.15) is 90.3 Å². The molecule has 0 amide bonds. The second-order valence-corrected chi connectivity index (χ2v) is 14.9. The smallest absolute Gasteiger partial charge is 0.350 e. The van der Waals surface area contributed by atoms with Crippen LogP contribution in [-0.2, 0) is 27.1 Å². The van der Waals surface area contributed by atoms with Crippen LogP contribution in [0.3, 0.4) is 0 Å². The Kier molecular flexibility index (Phi) is 9.01. The molecule has 2 fully saturated rings. The lowest BCUT2D eigenvalue weighted by atomic mass is 9.96. The zero-order valence-corrected chi connectivity index (χ0v) is 29.6. The molecule has 0 N–H and O–H groups in total. The van der Waals surface area contributed by atoms with E-state index in [1.165, 1.54) is 28.3 Å². The number of ether oxygens (including phenoxy) is 6. The molecule has 7 rings (SSSR count). The molecule has 4 aliphatic rings. The van der Waals surface area contributed by atoms with Crippen molar-refractivity contribution in [3.8, 4) is 17.2 Å². The predicted octanol–water partition coefficient (Wildman–Crippen LogP) is 8.62. The van der Waals surface area contributed by atoms with Crippen LogP contribution in [0.5, 0.6) is 17.2 Å². The Morgan fingerprint density at radius 1 is 0.878 bits per heavy atom. The van der Waals surface area contributed by atoms with Crippen molar-refractivity contribution in [1.29, 1.82) is 0 Å². The van der Waals surface area contributed by atoms with Gasteiger partial charge in [0, 0.05) is 23.6 Å². The van der Waals surface area contributed by atoms with Gasteiger partial charge in [-0.3, -0.25) is 0 Å². The molecule has 2 saturated heterocycles. The Labute approximate surface area is 288 Å². The Morgan fingerprint density at radius 2 is 1.57 bits per heavy atom. The van der Waals surface area contributed by atoms with Gasteiger partial charge in [-0.05, 0) is 140 Å². The van der Waals surface area contributed by atoms with Crippen molar-refractivity contribution in [3.63, 3.8) is 0 Å². The fourth-order valence-corrected chi connectivity index (χ4v) is 7.14. The van der Waals surface area contributed by atoms with Gasteiger partial charge in [-0.2, -0.15) is 0 Å². The summed E-state index contributed by atoms with van der Waals surface area (Å²) in [5, 5.41) is 0.855. The molecule has 2 aromatic carbocycles. The summed E-state index contributed by atoms with van der Waals surface area (Å²) in [6.07, 6.45) is 15.1. The Balaban J connectivity index is 0.968. The Morgan fingerprint density at radius 3 is 2.31 bits per heavy atom. The molecule has 4 heterocycles. The molecule has 0 radical (unpaired) electrons. The number of benzene rings is 2. The molecule has 3 unspecified atom stereocenters. The lowest BCUT2D eigenvalue weighted by Gasteiger charge is -2.31. The van der Waals surface area contributed by atoms with E-state index in [0.29, 0.717) is 30.7 Å². The summed E-state index contributed by atoms with van der Waals surface area (Å²) in [4.78, 5) is 11.6. The molecular weight excluding hydrogens is 620 g/mol. The molecule has 0 saturated carbocycles. The molecule has 0 bridgehead atoms. The van der Waals surface area contributed by atoms with E-state index >= 15 is 0 Å². The van der Waals surface area contributed by atoms with Gasteiger partial charge in [0.1, 0.15) is 36.0 Å². The van der Waals surface area contributed by atoms with Crippen molar-refractivity contribution >= 4 is 17.0 Å². The highest BCUT2D eigenvalue weighted by atomic mass is 16.9. The third-order valence-electron chi connectivity index (χ3n) is 10.2. The average Bonchev–Trinajstić information content (AvgIpc) is 3.31. The predicted molar refractivity (Wildman–Crippen MR) is 189 cm³/mol. The van der Waals surface area contributed by atoms with Gasteiger partial charge in [0.15, 0.2) is 0 Å². The van der Waals surface area contributed by atoms with Crippen LogP contribution in [0.25, 0.3) is 17.0 Å². The number of hydrogen-bond donors (Lipinski definition) is 0. The van der Waals surface area contributed by atoms with Crippen molar-refractivity contribution in [3.05, 3.63) is 92.9 Å². The van der Waals surface area contributed by atoms with E-state index in [1.54, 1.807) is 12.1 Å².